The third-order valence-electron chi connectivity index (χ3n) is 4.45. The molecule has 4 heterocycles. The molecule has 0 radical (unpaired) electrons. The zero-order valence-electron chi connectivity index (χ0n) is 18.0. The van der Waals surface area contributed by atoms with E-state index in [1.54, 1.807) is 23.8 Å². The molecule has 34 heavy (non-hydrogen) atoms. The molecule has 7 N–H and O–H groups in total. The van der Waals surface area contributed by atoms with E-state index in [4.69, 9.17) is 35.8 Å². The molecule has 3 aromatic rings. The first-order valence-corrected chi connectivity index (χ1v) is 12.7. The summed E-state index contributed by atoms with van der Waals surface area (Å²) in [4.78, 5) is 44.5. The summed E-state index contributed by atoms with van der Waals surface area (Å²) < 4.78 is 24.3. The van der Waals surface area contributed by atoms with Crippen molar-refractivity contribution < 1.29 is 28.9 Å². The third-order valence-corrected chi connectivity index (χ3v) is 6.05. The molecule has 0 aromatic carbocycles. The summed E-state index contributed by atoms with van der Waals surface area (Å²) >= 11 is 1.47. The largest absolute Gasteiger partial charge is 0.393 e. The molecule has 3 aromatic heterocycles. The van der Waals surface area contributed by atoms with Gasteiger partial charge in [-0.2, -0.15) is 4.98 Å². The van der Waals surface area contributed by atoms with Crippen LogP contribution in [0.4, 0.5) is 11.6 Å². The first-order valence-electron chi connectivity index (χ1n) is 9.87. The Bertz CT molecular complexity index is 1220. The van der Waals surface area contributed by atoms with Crippen LogP contribution in [0.25, 0.3) is 11.2 Å². The fraction of sp³-hybridized carbons (Fsp3) is 0.471. The Balaban J connectivity index is 0.000000196. The van der Waals surface area contributed by atoms with Gasteiger partial charge in [-0.15, -0.1) is 11.8 Å². The number of nitrogen functional groups attached to an aromatic ring is 2. The number of aliphatic hydroxyl groups is 1. The Morgan fingerprint density at radius 2 is 2.12 bits per heavy atom. The SMILES string of the molecule is C[C@H](Cn1cnc2c(N)ncnc21)OCP(=O)(O)O.Nc1ccn([C@H]2CS[C@@H](CO)O2)c(=O)n1. The minimum absolute atomic E-state index is 0.0572. The summed E-state index contributed by atoms with van der Waals surface area (Å²) in [5.74, 6) is 1.10. The van der Waals surface area contributed by atoms with Gasteiger partial charge >= 0.3 is 13.3 Å². The fourth-order valence-corrected chi connectivity index (χ4v) is 4.30. The van der Waals surface area contributed by atoms with Gasteiger partial charge in [-0.3, -0.25) is 9.13 Å². The van der Waals surface area contributed by atoms with E-state index in [1.165, 1.54) is 29.0 Å². The average molecular weight is 516 g/mol. The molecule has 3 atom stereocenters. The van der Waals surface area contributed by atoms with Gasteiger partial charge in [-0.25, -0.2) is 19.7 Å². The van der Waals surface area contributed by atoms with Gasteiger partial charge in [0.25, 0.3) is 0 Å². The zero-order valence-corrected chi connectivity index (χ0v) is 19.7. The lowest BCUT2D eigenvalue weighted by Gasteiger charge is -2.14. The van der Waals surface area contributed by atoms with Gasteiger partial charge in [-0.05, 0) is 13.0 Å². The number of rotatable bonds is 7. The van der Waals surface area contributed by atoms with E-state index in [-0.39, 0.29) is 29.9 Å². The van der Waals surface area contributed by atoms with E-state index < -0.39 is 25.7 Å². The molecule has 0 aliphatic carbocycles. The molecule has 17 heteroatoms. The maximum Gasteiger partial charge on any atom is 0.351 e. The highest BCUT2D eigenvalue weighted by molar-refractivity contribution is 8.00. The van der Waals surface area contributed by atoms with Crippen molar-refractivity contribution in [1.82, 2.24) is 29.1 Å². The van der Waals surface area contributed by atoms with E-state index in [2.05, 4.69) is 19.9 Å². The van der Waals surface area contributed by atoms with Gasteiger partial charge < -0.3 is 40.4 Å². The lowest BCUT2D eigenvalue weighted by Crippen LogP contribution is -2.28. The van der Waals surface area contributed by atoms with E-state index >= 15 is 0 Å². The molecule has 0 bridgehead atoms. The normalized spacial score (nSPS) is 19.1. The second-order valence-electron chi connectivity index (χ2n) is 7.18. The molecule has 0 amide bonds. The number of aliphatic hydroxyl groups excluding tert-OH is 1. The van der Waals surface area contributed by atoms with Gasteiger partial charge in [0.2, 0.25) is 0 Å². The lowest BCUT2D eigenvalue weighted by molar-refractivity contribution is -0.00629. The molecule has 1 saturated heterocycles. The van der Waals surface area contributed by atoms with E-state index in [0.717, 1.165) is 0 Å². The predicted molar refractivity (Wildman–Crippen MR) is 124 cm³/mol. The number of nitrogens with zero attached hydrogens (tertiary/aromatic N) is 6. The Labute approximate surface area is 197 Å². The number of hydrogen-bond donors (Lipinski definition) is 5. The summed E-state index contributed by atoms with van der Waals surface area (Å²) in [5.41, 5.74) is 11.4. The Morgan fingerprint density at radius 1 is 1.35 bits per heavy atom. The summed E-state index contributed by atoms with van der Waals surface area (Å²) in [5, 5.41) is 8.88. The van der Waals surface area contributed by atoms with Crippen LogP contribution < -0.4 is 17.2 Å². The standard InChI is InChI=1S/C9H14N5O4P.C8H11N3O3S/c1-6(18-5-19(15,16)17)2-14-4-13-7-8(10)11-3-12-9(7)14;9-5-1-2-11(8(13)10-5)6-4-15-7(3-12)14-6/h3-4,6H,2,5H2,1H3,(H2,10,11,12)(H2,15,16,17);1-2,6-7,12H,3-4H2,(H2,9,10,13)/t6-;6-,7+/m11/s1. The molecule has 1 fully saturated rings. The number of anilines is 2. The second kappa shape index (κ2) is 11.2. The van der Waals surface area contributed by atoms with Crippen LogP contribution in [0.15, 0.2) is 29.7 Å². The molecule has 1 aliphatic rings. The minimum atomic E-state index is -4.16. The fourth-order valence-electron chi connectivity index (χ4n) is 2.92. The number of ether oxygens (including phenoxy) is 2. The summed E-state index contributed by atoms with van der Waals surface area (Å²) in [6.07, 6.45) is 3.03. The second-order valence-corrected chi connectivity index (χ2v) is 9.96. The van der Waals surface area contributed by atoms with Crippen LogP contribution in [0.2, 0.25) is 0 Å². The maximum atomic E-state index is 11.4. The van der Waals surface area contributed by atoms with E-state index in [0.29, 0.717) is 23.5 Å². The minimum Gasteiger partial charge on any atom is -0.393 e. The predicted octanol–water partition coefficient (Wildman–Crippen LogP) is -0.645. The molecule has 0 unspecified atom stereocenters. The van der Waals surface area contributed by atoms with Crippen molar-refractivity contribution in [3.05, 3.63) is 35.4 Å². The van der Waals surface area contributed by atoms with E-state index in [1.807, 2.05) is 0 Å². The van der Waals surface area contributed by atoms with Crippen molar-refractivity contribution in [3.63, 3.8) is 0 Å². The molecule has 0 spiro atoms. The summed E-state index contributed by atoms with van der Waals surface area (Å²) in [6, 6.07) is 1.54. The third kappa shape index (κ3) is 6.96. The number of thioether (sulfide) groups is 1. The van der Waals surface area contributed by atoms with Gasteiger partial charge in [0.05, 0.1) is 25.6 Å². The van der Waals surface area contributed by atoms with Crippen LogP contribution >= 0.6 is 19.4 Å². The smallest absolute Gasteiger partial charge is 0.351 e. The van der Waals surface area contributed by atoms with Crippen LogP contribution in [-0.2, 0) is 20.6 Å². The molecule has 15 nitrogen and oxygen atoms in total. The molecule has 4 rings (SSSR count). The topological polar surface area (TPSA) is 227 Å². The average Bonchev–Trinajstić information content (AvgIpc) is 3.41. The Hall–Kier alpha value is -2.59. The van der Waals surface area contributed by atoms with Crippen LogP contribution in [0, 0.1) is 0 Å². The monoisotopic (exact) mass is 516 g/mol. The van der Waals surface area contributed by atoms with E-state index in [9.17, 15) is 9.36 Å². The Morgan fingerprint density at radius 3 is 2.76 bits per heavy atom. The lowest BCUT2D eigenvalue weighted by atomic mass is 10.4. The highest BCUT2D eigenvalue weighted by atomic mass is 32.2. The number of imidazole rings is 1. The zero-order chi connectivity index (χ0) is 24.9. The molecular formula is C17H25N8O7PS. The van der Waals surface area contributed by atoms with Gasteiger partial charge in [0, 0.05) is 11.9 Å². The highest BCUT2D eigenvalue weighted by Crippen LogP contribution is 2.34. The van der Waals surface area contributed by atoms with Gasteiger partial charge in [-0.1, -0.05) is 0 Å². The summed E-state index contributed by atoms with van der Waals surface area (Å²) in [6.45, 7) is 2.00. The summed E-state index contributed by atoms with van der Waals surface area (Å²) in [7, 11) is -4.16. The molecular weight excluding hydrogens is 491 g/mol. The first kappa shape index (κ1) is 26.0. The molecule has 186 valence electrons. The highest BCUT2D eigenvalue weighted by Gasteiger charge is 2.27. The first-order chi connectivity index (χ1) is 16.1. The molecule has 0 saturated carbocycles. The number of fused-ring (bicyclic) bond motifs is 1. The number of aromatic nitrogens is 6. The van der Waals surface area contributed by atoms with Gasteiger partial charge in [0.15, 0.2) is 11.5 Å². The molecule has 1 aliphatic heterocycles. The van der Waals surface area contributed by atoms with Crippen LogP contribution in [0.1, 0.15) is 13.2 Å². The quantitative estimate of drug-likeness (QED) is 0.246. The van der Waals surface area contributed by atoms with Crippen molar-refractivity contribution in [2.45, 2.75) is 31.2 Å². The van der Waals surface area contributed by atoms with Crippen LogP contribution in [-0.4, -0.2) is 74.2 Å². The number of hydrogen-bond acceptors (Lipinski definition) is 12. The van der Waals surface area contributed by atoms with Crippen molar-refractivity contribution in [2.24, 2.45) is 0 Å². The van der Waals surface area contributed by atoms with Crippen molar-refractivity contribution >= 4 is 42.2 Å². The van der Waals surface area contributed by atoms with Crippen molar-refractivity contribution in [3.8, 4) is 0 Å². The number of nitrogens with two attached hydrogens (primary N) is 2. The van der Waals surface area contributed by atoms with Crippen molar-refractivity contribution in [2.75, 3.05) is 30.2 Å². The van der Waals surface area contributed by atoms with Crippen LogP contribution in [0.3, 0.4) is 0 Å². The maximum absolute atomic E-state index is 11.4. The van der Waals surface area contributed by atoms with Crippen molar-refractivity contribution in [1.29, 1.82) is 0 Å². The Kier molecular flexibility index (Phi) is 8.59. The van der Waals surface area contributed by atoms with Gasteiger partial charge in [0.1, 0.15) is 35.7 Å². The van der Waals surface area contributed by atoms with Crippen LogP contribution in [0.5, 0.6) is 0 Å².